The Morgan fingerprint density at radius 2 is 1.87 bits per heavy atom. The van der Waals surface area contributed by atoms with Crippen LogP contribution in [-0.4, -0.2) is 87.0 Å². The first-order chi connectivity index (χ1) is 14.6. The summed E-state index contributed by atoms with van der Waals surface area (Å²) in [6.07, 6.45) is -5.61. The number of carbonyl (C=O) groups is 2. The van der Waals surface area contributed by atoms with Crippen LogP contribution in [0.2, 0.25) is 0 Å². The van der Waals surface area contributed by atoms with Gasteiger partial charge in [-0.25, -0.2) is 9.59 Å². The summed E-state index contributed by atoms with van der Waals surface area (Å²) in [7, 11) is 0. The molecule has 2 heterocycles. The second-order valence-corrected chi connectivity index (χ2v) is 8.05. The maximum absolute atomic E-state index is 12.9. The molecule has 5 N–H and O–H groups in total. The Hall–Kier alpha value is -2.08. The number of esters is 2. The van der Waals surface area contributed by atoms with Crippen LogP contribution in [0.1, 0.15) is 26.2 Å². The van der Waals surface area contributed by atoms with Gasteiger partial charge in [-0.1, -0.05) is 18.7 Å². The number of allylic oxidation sites excluding steroid dienone is 1. The Balaban J connectivity index is 1.81. The van der Waals surface area contributed by atoms with Crippen molar-refractivity contribution in [2.75, 3.05) is 6.61 Å². The molecule has 10 nitrogen and oxygen atoms in total. The quantitative estimate of drug-likeness (QED) is 0.206. The Labute approximate surface area is 179 Å². The maximum atomic E-state index is 12.9. The summed E-state index contributed by atoms with van der Waals surface area (Å²) in [5, 5.41) is 49.4. The number of rotatable bonds is 3. The minimum absolute atomic E-state index is 0.00864. The minimum atomic E-state index is -1.74. The van der Waals surface area contributed by atoms with E-state index >= 15 is 0 Å². The standard InChI is InChI=1S/C21H28O10/c1-9-3-5-12-10(2)19(27)29-14(12)7-11(4-6-13(9)23)20(28)31-21-18(26)17(25)16(24)15(8-22)30-21/h3-4,12-18,21-26H,2,5-8H2,1H3. The van der Waals surface area contributed by atoms with Gasteiger partial charge in [0.25, 0.3) is 0 Å². The summed E-state index contributed by atoms with van der Waals surface area (Å²) in [4.78, 5) is 24.9. The zero-order valence-electron chi connectivity index (χ0n) is 17.1. The van der Waals surface area contributed by atoms with E-state index in [4.69, 9.17) is 14.2 Å². The number of aliphatic hydroxyl groups is 5. The zero-order chi connectivity index (χ0) is 22.9. The van der Waals surface area contributed by atoms with Gasteiger partial charge < -0.3 is 39.7 Å². The third-order valence-corrected chi connectivity index (χ3v) is 5.98. The lowest BCUT2D eigenvalue weighted by molar-refractivity contribution is -0.291. The molecule has 0 saturated carbocycles. The van der Waals surface area contributed by atoms with Gasteiger partial charge in [-0.15, -0.1) is 0 Å². The fourth-order valence-electron chi connectivity index (χ4n) is 3.85. The van der Waals surface area contributed by atoms with Crippen molar-refractivity contribution in [3.63, 3.8) is 0 Å². The summed E-state index contributed by atoms with van der Waals surface area (Å²) in [5.41, 5.74) is 1.04. The molecule has 3 rings (SSSR count). The number of hydrogen-bond acceptors (Lipinski definition) is 10. The third-order valence-electron chi connectivity index (χ3n) is 5.98. The van der Waals surface area contributed by atoms with Gasteiger partial charge in [0, 0.05) is 23.5 Å². The molecule has 10 heteroatoms. The van der Waals surface area contributed by atoms with Crippen molar-refractivity contribution < 1.29 is 49.3 Å². The minimum Gasteiger partial charge on any atom is -0.458 e. The van der Waals surface area contributed by atoms with Gasteiger partial charge in [0.15, 0.2) is 0 Å². The molecule has 0 aromatic carbocycles. The smallest absolute Gasteiger partial charge is 0.336 e. The third kappa shape index (κ3) is 4.89. The summed E-state index contributed by atoms with van der Waals surface area (Å²) in [6, 6.07) is 0. The molecule has 172 valence electrons. The van der Waals surface area contributed by atoms with Crippen LogP contribution in [0.3, 0.4) is 0 Å². The highest BCUT2D eigenvalue weighted by molar-refractivity contribution is 5.92. The lowest BCUT2D eigenvalue weighted by Crippen LogP contribution is -2.59. The summed E-state index contributed by atoms with van der Waals surface area (Å²) in [6.45, 7) is 4.84. The van der Waals surface area contributed by atoms with Crippen molar-refractivity contribution >= 4 is 11.9 Å². The van der Waals surface area contributed by atoms with Crippen LogP contribution in [-0.2, 0) is 23.8 Å². The average molecular weight is 440 g/mol. The SMILES string of the molecule is C=C1C(=O)OC2CC(C(=O)OC3OC(CO)C(O)C(O)C3O)=CCC(O)C(C)=CCC12. The van der Waals surface area contributed by atoms with Crippen LogP contribution in [0.15, 0.2) is 35.5 Å². The predicted octanol–water partition coefficient (Wildman–Crippen LogP) is -1.16. The van der Waals surface area contributed by atoms with Gasteiger partial charge in [-0.3, -0.25) is 0 Å². The van der Waals surface area contributed by atoms with E-state index in [0.717, 1.165) is 0 Å². The zero-order valence-corrected chi connectivity index (χ0v) is 17.1. The van der Waals surface area contributed by atoms with E-state index in [-0.39, 0.29) is 29.9 Å². The first kappa shape index (κ1) is 23.6. The monoisotopic (exact) mass is 440 g/mol. The van der Waals surface area contributed by atoms with Crippen molar-refractivity contribution in [2.45, 2.75) is 69.1 Å². The van der Waals surface area contributed by atoms with E-state index in [1.807, 2.05) is 6.08 Å². The molecular weight excluding hydrogens is 412 g/mol. The number of carbonyl (C=O) groups excluding carboxylic acids is 2. The fraction of sp³-hybridized carbons (Fsp3) is 0.619. The van der Waals surface area contributed by atoms with Crippen molar-refractivity contribution in [2.24, 2.45) is 5.92 Å². The predicted molar refractivity (Wildman–Crippen MR) is 104 cm³/mol. The van der Waals surface area contributed by atoms with Gasteiger partial charge in [0.1, 0.15) is 30.5 Å². The van der Waals surface area contributed by atoms with E-state index in [0.29, 0.717) is 12.0 Å². The van der Waals surface area contributed by atoms with E-state index in [2.05, 4.69) is 6.58 Å². The number of fused-ring (bicyclic) bond motifs is 1. The van der Waals surface area contributed by atoms with E-state index < -0.39 is 61.5 Å². The molecule has 31 heavy (non-hydrogen) atoms. The molecule has 8 unspecified atom stereocenters. The summed E-state index contributed by atoms with van der Waals surface area (Å²) < 4.78 is 15.8. The molecule has 0 aromatic heterocycles. The van der Waals surface area contributed by atoms with Crippen LogP contribution in [0.5, 0.6) is 0 Å². The Kier molecular flexibility index (Phi) is 7.30. The molecule has 1 aliphatic carbocycles. The lowest BCUT2D eigenvalue weighted by Gasteiger charge is -2.39. The first-order valence-corrected chi connectivity index (χ1v) is 10.1. The maximum Gasteiger partial charge on any atom is 0.336 e. The molecule has 2 saturated heterocycles. The summed E-state index contributed by atoms with van der Waals surface area (Å²) >= 11 is 0. The number of ether oxygens (including phenoxy) is 3. The van der Waals surface area contributed by atoms with Crippen LogP contribution in [0, 0.1) is 5.92 Å². The van der Waals surface area contributed by atoms with Gasteiger partial charge in [0.05, 0.1) is 12.7 Å². The van der Waals surface area contributed by atoms with Crippen LogP contribution in [0.4, 0.5) is 0 Å². The van der Waals surface area contributed by atoms with Gasteiger partial charge in [-0.2, -0.15) is 0 Å². The van der Waals surface area contributed by atoms with E-state index in [9.17, 15) is 35.1 Å². The first-order valence-electron chi connectivity index (χ1n) is 10.1. The highest BCUT2D eigenvalue weighted by Gasteiger charge is 2.46. The normalized spacial score (nSPS) is 39.2. The number of hydrogen-bond donors (Lipinski definition) is 5. The van der Waals surface area contributed by atoms with Crippen molar-refractivity contribution in [3.05, 3.63) is 35.5 Å². The molecule has 0 aromatic rings. The second-order valence-electron chi connectivity index (χ2n) is 8.05. The van der Waals surface area contributed by atoms with E-state index in [1.165, 1.54) is 6.08 Å². The second kappa shape index (κ2) is 9.60. The Morgan fingerprint density at radius 1 is 1.16 bits per heavy atom. The van der Waals surface area contributed by atoms with Crippen molar-refractivity contribution in [1.29, 1.82) is 0 Å². The fourth-order valence-corrected chi connectivity index (χ4v) is 3.85. The topological polar surface area (TPSA) is 163 Å². The molecule has 0 spiro atoms. The highest BCUT2D eigenvalue weighted by Crippen LogP contribution is 2.35. The lowest BCUT2D eigenvalue weighted by atomic mass is 9.87. The van der Waals surface area contributed by atoms with Gasteiger partial charge >= 0.3 is 11.9 Å². The molecule has 0 radical (unpaired) electrons. The van der Waals surface area contributed by atoms with E-state index in [1.54, 1.807) is 6.92 Å². The largest absolute Gasteiger partial charge is 0.458 e. The number of aliphatic hydroxyl groups excluding tert-OH is 5. The highest BCUT2D eigenvalue weighted by atomic mass is 16.7. The van der Waals surface area contributed by atoms with Crippen LogP contribution >= 0.6 is 0 Å². The molecule has 8 atom stereocenters. The van der Waals surface area contributed by atoms with Gasteiger partial charge in [0.2, 0.25) is 6.29 Å². The van der Waals surface area contributed by atoms with Crippen molar-refractivity contribution in [1.82, 2.24) is 0 Å². The Morgan fingerprint density at radius 3 is 2.55 bits per heavy atom. The average Bonchev–Trinajstić information content (AvgIpc) is 3.01. The van der Waals surface area contributed by atoms with Crippen LogP contribution in [0.25, 0.3) is 0 Å². The summed E-state index contributed by atoms with van der Waals surface area (Å²) in [5.74, 6) is -1.84. The molecule has 0 bridgehead atoms. The Bertz CT molecular complexity index is 785. The van der Waals surface area contributed by atoms with Gasteiger partial charge in [-0.05, 0) is 25.3 Å². The molecule has 2 fully saturated rings. The van der Waals surface area contributed by atoms with Crippen LogP contribution < -0.4 is 0 Å². The molecular formula is C21H28O10. The molecule has 3 aliphatic rings. The molecule has 2 aliphatic heterocycles. The van der Waals surface area contributed by atoms with Crippen molar-refractivity contribution in [3.8, 4) is 0 Å². The molecule has 0 amide bonds.